The summed E-state index contributed by atoms with van der Waals surface area (Å²) in [6, 6.07) is 9.43. The molecule has 0 aliphatic rings. The van der Waals surface area contributed by atoms with Crippen LogP contribution in [0.1, 0.15) is 17.3 Å². The first kappa shape index (κ1) is 15.5. The van der Waals surface area contributed by atoms with Crippen LogP contribution < -0.4 is 10.6 Å². The Morgan fingerprint density at radius 1 is 1.29 bits per heavy atom. The molecule has 0 bridgehead atoms. The SMILES string of the molecule is CCN(C(=O)c1cc(N)c(Cl)c(Cl)c1)c1cccc(O)c1. The maximum atomic E-state index is 12.6. The molecule has 0 unspecified atom stereocenters. The lowest BCUT2D eigenvalue weighted by Gasteiger charge is -2.21. The summed E-state index contributed by atoms with van der Waals surface area (Å²) in [7, 11) is 0. The van der Waals surface area contributed by atoms with Gasteiger partial charge in [-0.25, -0.2) is 0 Å². The van der Waals surface area contributed by atoms with Gasteiger partial charge in [0, 0.05) is 23.9 Å². The van der Waals surface area contributed by atoms with Crippen LogP contribution in [0.15, 0.2) is 36.4 Å². The Kier molecular flexibility index (Phi) is 4.60. The van der Waals surface area contributed by atoms with Gasteiger partial charge in [-0.1, -0.05) is 29.3 Å². The summed E-state index contributed by atoms with van der Waals surface area (Å²) in [6.45, 7) is 2.27. The monoisotopic (exact) mass is 324 g/mol. The molecule has 2 aromatic rings. The third-order valence-corrected chi connectivity index (χ3v) is 3.82. The van der Waals surface area contributed by atoms with Crippen molar-refractivity contribution in [3.63, 3.8) is 0 Å². The summed E-state index contributed by atoms with van der Waals surface area (Å²) in [5.74, 6) is -0.180. The molecule has 21 heavy (non-hydrogen) atoms. The summed E-state index contributed by atoms with van der Waals surface area (Å²) in [6.07, 6.45) is 0. The van der Waals surface area contributed by atoms with Crippen molar-refractivity contribution < 1.29 is 9.90 Å². The average molecular weight is 325 g/mol. The third kappa shape index (κ3) is 3.23. The van der Waals surface area contributed by atoms with Gasteiger partial charge in [0.05, 0.1) is 15.7 Å². The minimum Gasteiger partial charge on any atom is -0.508 e. The van der Waals surface area contributed by atoms with Crippen LogP contribution in [-0.4, -0.2) is 17.6 Å². The molecule has 110 valence electrons. The van der Waals surface area contributed by atoms with Crippen molar-refractivity contribution in [2.24, 2.45) is 0 Å². The van der Waals surface area contributed by atoms with E-state index in [-0.39, 0.29) is 27.4 Å². The fourth-order valence-electron chi connectivity index (χ4n) is 1.99. The van der Waals surface area contributed by atoms with E-state index < -0.39 is 0 Å². The second-order valence-corrected chi connectivity index (χ2v) is 5.22. The molecule has 0 atom stereocenters. The van der Waals surface area contributed by atoms with Gasteiger partial charge in [0.2, 0.25) is 0 Å². The van der Waals surface area contributed by atoms with Gasteiger partial charge in [-0.15, -0.1) is 0 Å². The zero-order chi connectivity index (χ0) is 15.6. The van der Waals surface area contributed by atoms with Crippen molar-refractivity contribution >= 4 is 40.5 Å². The number of anilines is 2. The lowest BCUT2D eigenvalue weighted by molar-refractivity contribution is 0.0988. The van der Waals surface area contributed by atoms with E-state index in [1.807, 2.05) is 6.92 Å². The number of phenols is 1. The Labute approximate surface area is 132 Å². The van der Waals surface area contributed by atoms with Crippen molar-refractivity contribution in [1.82, 2.24) is 0 Å². The van der Waals surface area contributed by atoms with Crippen molar-refractivity contribution in [3.05, 3.63) is 52.0 Å². The number of hydrogen-bond donors (Lipinski definition) is 2. The molecular formula is C15H14Cl2N2O2. The maximum Gasteiger partial charge on any atom is 0.258 e. The van der Waals surface area contributed by atoms with Gasteiger partial charge in [0.1, 0.15) is 5.75 Å². The first-order chi connectivity index (χ1) is 9.93. The van der Waals surface area contributed by atoms with Gasteiger partial charge < -0.3 is 15.7 Å². The molecule has 0 aromatic heterocycles. The van der Waals surface area contributed by atoms with Crippen LogP contribution in [0.4, 0.5) is 11.4 Å². The molecule has 3 N–H and O–H groups in total. The van der Waals surface area contributed by atoms with Crippen molar-refractivity contribution in [3.8, 4) is 5.75 Å². The normalized spacial score (nSPS) is 10.4. The van der Waals surface area contributed by atoms with Crippen LogP contribution in [0.5, 0.6) is 5.75 Å². The second kappa shape index (κ2) is 6.24. The van der Waals surface area contributed by atoms with Gasteiger partial charge >= 0.3 is 0 Å². The molecular weight excluding hydrogens is 311 g/mol. The van der Waals surface area contributed by atoms with E-state index in [4.69, 9.17) is 28.9 Å². The molecule has 0 saturated carbocycles. The van der Waals surface area contributed by atoms with Gasteiger partial charge in [-0.2, -0.15) is 0 Å². The van der Waals surface area contributed by atoms with E-state index in [1.54, 1.807) is 18.2 Å². The first-order valence-corrected chi connectivity index (χ1v) is 7.05. The van der Waals surface area contributed by atoms with E-state index in [1.165, 1.54) is 23.1 Å². The van der Waals surface area contributed by atoms with Crippen LogP contribution in [0.2, 0.25) is 10.0 Å². The smallest absolute Gasteiger partial charge is 0.258 e. The van der Waals surface area contributed by atoms with E-state index >= 15 is 0 Å². The number of halogens is 2. The highest BCUT2D eigenvalue weighted by Crippen LogP contribution is 2.30. The number of nitrogen functional groups attached to an aromatic ring is 1. The van der Waals surface area contributed by atoms with Gasteiger partial charge in [-0.05, 0) is 31.2 Å². The van der Waals surface area contributed by atoms with Crippen LogP contribution >= 0.6 is 23.2 Å². The number of nitrogens with zero attached hydrogens (tertiary/aromatic N) is 1. The predicted octanol–water partition coefficient (Wildman–Crippen LogP) is 3.95. The van der Waals surface area contributed by atoms with Gasteiger partial charge in [-0.3, -0.25) is 4.79 Å². The molecule has 4 nitrogen and oxygen atoms in total. The molecule has 0 aliphatic carbocycles. The Bertz CT molecular complexity index is 666. The molecule has 0 saturated heterocycles. The Morgan fingerprint density at radius 2 is 2.00 bits per heavy atom. The first-order valence-electron chi connectivity index (χ1n) is 6.29. The third-order valence-electron chi connectivity index (χ3n) is 3.01. The number of benzene rings is 2. The van der Waals surface area contributed by atoms with E-state index in [0.29, 0.717) is 17.8 Å². The fraction of sp³-hybridized carbons (Fsp3) is 0.133. The number of hydrogen-bond acceptors (Lipinski definition) is 3. The standard InChI is InChI=1S/C15H14Cl2N2O2/c1-2-19(10-4-3-5-11(20)8-10)15(21)9-6-12(16)14(17)13(18)7-9/h3-8,20H,2,18H2,1H3. The average Bonchev–Trinajstić information content (AvgIpc) is 2.45. The minimum atomic E-state index is -0.270. The summed E-state index contributed by atoms with van der Waals surface area (Å²) in [5.41, 5.74) is 6.92. The Hall–Kier alpha value is -1.91. The van der Waals surface area contributed by atoms with E-state index in [0.717, 1.165) is 0 Å². The Morgan fingerprint density at radius 3 is 2.57 bits per heavy atom. The highest BCUT2D eigenvalue weighted by atomic mass is 35.5. The summed E-state index contributed by atoms with van der Waals surface area (Å²) in [4.78, 5) is 14.1. The molecule has 2 aromatic carbocycles. The van der Waals surface area contributed by atoms with Crippen molar-refractivity contribution in [1.29, 1.82) is 0 Å². The summed E-state index contributed by atoms with van der Waals surface area (Å²) >= 11 is 11.9. The molecule has 0 spiro atoms. The number of carbonyl (C=O) groups excluding carboxylic acids is 1. The topological polar surface area (TPSA) is 66.6 Å². The minimum absolute atomic E-state index is 0.0902. The van der Waals surface area contributed by atoms with Crippen LogP contribution in [0.25, 0.3) is 0 Å². The zero-order valence-electron chi connectivity index (χ0n) is 11.3. The Balaban J connectivity index is 2.41. The number of aromatic hydroxyl groups is 1. The molecule has 0 fully saturated rings. The molecule has 0 heterocycles. The van der Waals surface area contributed by atoms with Crippen LogP contribution in [-0.2, 0) is 0 Å². The molecule has 2 rings (SSSR count). The lowest BCUT2D eigenvalue weighted by Crippen LogP contribution is -2.30. The number of carbonyl (C=O) groups is 1. The van der Waals surface area contributed by atoms with E-state index in [2.05, 4.69) is 0 Å². The highest BCUT2D eigenvalue weighted by Gasteiger charge is 2.18. The molecule has 0 radical (unpaired) electrons. The predicted molar refractivity (Wildman–Crippen MR) is 86.3 cm³/mol. The summed E-state index contributed by atoms with van der Waals surface area (Å²) in [5, 5.41) is 10.00. The second-order valence-electron chi connectivity index (χ2n) is 4.43. The van der Waals surface area contributed by atoms with Crippen molar-refractivity contribution in [2.75, 3.05) is 17.2 Å². The van der Waals surface area contributed by atoms with Crippen molar-refractivity contribution in [2.45, 2.75) is 6.92 Å². The number of amides is 1. The zero-order valence-corrected chi connectivity index (χ0v) is 12.8. The highest BCUT2D eigenvalue weighted by molar-refractivity contribution is 6.44. The van der Waals surface area contributed by atoms with Gasteiger partial charge in [0.15, 0.2) is 0 Å². The van der Waals surface area contributed by atoms with Crippen LogP contribution in [0.3, 0.4) is 0 Å². The fourth-order valence-corrected chi connectivity index (χ4v) is 2.33. The van der Waals surface area contributed by atoms with Gasteiger partial charge in [0.25, 0.3) is 5.91 Å². The lowest BCUT2D eigenvalue weighted by atomic mass is 10.1. The molecule has 0 aliphatic heterocycles. The maximum absolute atomic E-state index is 12.6. The van der Waals surface area contributed by atoms with E-state index in [9.17, 15) is 9.90 Å². The van der Waals surface area contributed by atoms with Crippen LogP contribution in [0, 0.1) is 0 Å². The largest absolute Gasteiger partial charge is 0.508 e. The number of rotatable bonds is 3. The number of phenolic OH excluding ortho intramolecular Hbond substituents is 1. The molecule has 6 heteroatoms. The molecule has 1 amide bonds. The summed E-state index contributed by atoms with van der Waals surface area (Å²) < 4.78 is 0. The number of nitrogens with two attached hydrogens (primary N) is 1. The quantitative estimate of drug-likeness (QED) is 0.840.